The van der Waals surface area contributed by atoms with Gasteiger partial charge in [-0.25, -0.2) is 12.8 Å². The highest BCUT2D eigenvalue weighted by Gasteiger charge is 2.21. The van der Waals surface area contributed by atoms with E-state index in [1.165, 1.54) is 25.1 Å². The van der Waals surface area contributed by atoms with E-state index in [1.54, 1.807) is 54.6 Å². The highest BCUT2D eigenvalue weighted by Crippen LogP contribution is 2.24. The zero-order valence-electron chi connectivity index (χ0n) is 17.0. The molecule has 0 unspecified atom stereocenters. The van der Waals surface area contributed by atoms with E-state index in [1.807, 2.05) is 0 Å². The number of hydrogen-bond donors (Lipinski definition) is 1. The molecule has 3 aromatic rings. The number of halogens is 1. The number of carbonyl (C=O) groups excluding carboxylic acids is 2. The summed E-state index contributed by atoms with van der Waals surface area (Å²) in [6, 6.07) is 18.6. The molecule has 160 valence electrons. The van der Waals surface area contributed by atoms with Gasteiger partial charge >= 0.3 is 0 Å². The maximum atomic E-state index is 14.1. The molecule has 8 heteroatoms. The van der Waals surface area contributed by atoms with Gasteiger partial charge in [0, 0.05) is 16.8 Å². The van der Waals surface area contributed by atoms with Gasteiger partial charge in [-0.1, -0.05) is 36.4 Å². The standard InChI is InChI=1S/C23H21FN2O4S/c1-16(27)19-6-5-7-20(14-19)25-23(28)18-12-10-17(11-13-18)15-26(31(2,29)30)22-9-4-3-8-21(22)24/h3-14H,15H2,1-2H3,(H,25,28). The van der Waals surface area contributed by atoms with Gasteiger partial charge in [-0.15, -0.1) is 0 Å². The summed E-state index contributed by atoms with van der Waals surface area (Å²) in [5, 5.41) is 2.72. The van der Waals surface area contributed by atoms with Crippen molar-refractivity contribution in [3.05, 3.63) is 95.3 Å². The first-order valence-corrected chi connectivity index (χ1v) is 11.2. The molecule has 1 amide bonds. The molecule has 3 aromatic carbocycles. The number of benzene rings is 3. The number of rotatable bonds is 7. The average Bonchev–Trinajstić information content (AvgIpc) is 2.72. The van der Waals surface area contributed by atoms with Crippen molar-refractivity contribution in [2.24, 2.45) is 0 Å². The fraction of sp³-hybridized carbons (Fsp3) is 0.130. The molecule has 3 rings (SSSR count). The van der Waals surface area contributed by atoms with Crippen LogP contribution in [0.2, 0.25) is 0 Å². The predicted octanol–water partition coefficient (Wildman–Crippen LogP) is 4.25. The Morgan fingerprint density at radius 1 is 0.935 bits per heavy atom. The number of hydrogen-bond acceptors (Lipinski definition) is 4. The zero-order chi connectivity index (χ0) is 22.6. The first kappa shape index (κ1) is 22.2. The lowest BCUT2D eigenvalue weighted by molar-refractivity contribution is 0.101. The molecule has 0 bridgehead atoms. The molecular formula is C23H21FN2O4S. The summed E-state index contributed by atoms with van der Waals surface area (Å²) in [5.41, 5.74) is 1.88. The number of sulfonamides is 1. The third-order valence-corrected chi connectivity index (χ3v) is 5.72. The van der Waals surface area contributed by atoms with Crippen molar-refractivity contribution in [1.29, 1.82) is 0 Å². The normalized spacial score (nSPS) is 11.1. The van der Waals surface area contributed by atoms with E-state index < -0.39 is 15.8 Å². The number of carbonyl (C=O) groups is 2. The first-order valence-electron chi connectivity index (χ1n) is 9.38. The van der Waals surface area contributed by atoms with Crippen LogP contribution in [-0.2, 0) is 16.6 Å². The van der Waals surface area contributed by atoms with Crippen molar-refractivity contribution >= 4 is 33.1 Å². The lowest BCUT2D eigenvalue weighted by Crippen LogP contribution is -2.30. The Balaban J connectivity index is 1.77. The van der Waals surface area contributed by atoms with E-state index in [4.69, 9.17) is 0 Å². The van der Waals surface area contributed by atoms with E-state index in [0.717, 1.165) is 10.6 Å². The van der Waals surface area contributed by atoms with Crippen LogP contribution in [0, 0.1) is 5.82 Å². The SMILES string of the molecule is CC(=O)c1cccc(NC(=O)c2ccc(CN(c3ccccc3F)S(C)(=O)=O)cc2)c1. The number of ketones is 1. The molecule has 0 saturated carbocycles. The molecule has 31 heavy (non-hydrogen) atoms. The number of para-hydroxylation sites is 1. The molecule has 0 aliphatic heterocycles. The number of anilines is 2. The zero-order valence-corrected chi connectivity index (χ0v) is 17.8. The molecule has 0 spiro atoms. The van der Waals surface area contributed by atoms with Crippen LogP contribution in [0.3, 0.4) is 0 Å². The smallest absolute Gasteiger partial charge is 0.255 e. The van der Waals surface area contributed by atoms with E-state index in [9.17, 15) is 22.4 Å². The van der Waals surface area contributed by atoms with E-state index in [-0.39, 0.29) is 23.9 Å². The van der Waals surface area contributed by atoms with Crippen molar-refractivity contribution in [3.8, 4) is 0 Å². The topological polar surface area (TPSA) is 83.6 Å². The van der Waals surface area contributed by atoms with Crippen LogP contribution >= 0.6 is 0 Å². The fourth-order valence-corrected chi connectivity index (χ4v) is 3.87. The van der Waals surface area contributed by atoms with Crippen molar-refractivity contribution in [2.45, 2.75) is 13.5 Å². The van der Waals surface area contributed by atoms with Crippen LogP contribution in [0.15, 0.2) is 72.8 Å². The van der Waals surface area contributed by atoms with E-state index in [2.05, 4.69) is 5.32 Å². The van der Waals surface area contributed by atoms with Gasteiger partial charge in [0.25, 0.3) is 5.91 Å². The van der Waals surface area contributed by atoms with Gasteiger partial charge in [0.15, 0.2) is 5.78 Å². The summed E-state index contributed by atoms with van der Waals surface area (Å²) in [6.07, 6.45) is 1.01. The second-order valence-corrected chi connectivity index (χ2v) is 8.92. The first-order chi connectivity index (χ1) is 14.6. The lowest BCUT2D eigenvalue weighted by Gasteiger charge is -2.23. The lowest BCUT2D eigenvalue weighted by atomic mass is 10.1. The molecular weight excluding hydrogens is 419 g/mol. The van der Waals surface area contributed by atoms with Crippen LogP contribution in [0.25, 0.3) is 0 Å². The third-order valence-electron chi connectivity index (χ3n) is 4.59. The fourth-order valence-electron chi connectivity index (χ4n) is 2.98. The molecule has 0 atom stereocenters. The Kier molecular flexibility index (Phi) is 6.50. The predicted molar refractivity (Wildman–Crippen MR) is 118 cm³/mol. The third kappa shape index (κ3) is 5.55. The maximum Gasteiger partial charge on any atom is 0.255 e. The summed E-state index contributed by atoms with van der Waals surface area (Å²) in [7, 11) is -3.73. The monoisotopic (exact) mass is 440 g/mol. The minimum atomic E-state index is -3.73. The van der Waals surface area contributed by atoms with E-state index in [0.29, 0.717) is 22.4 Å². The molecule has 1 N–H and O–H groups in total. The summed E-state index contributed by atoms with van der Waals surface area (Å²) >= 11 is 0. The Bertz CT molecular complexity index is 1220. The number of nitrogens with zero attached hydrogens (tertiary/aromatic N) is 1. The Hall–Kier alpha value is -3.52. The van der Waals surface area contributed by atoms with Crippen LogP contribution in [0.1, 0.15) is 33.2 Å². The molecule has 0 radical (unpaired) electrons. The molecule has 0 saturated heterocycles. The Morgan fingerprint density at radius 3 is 2.23 bits per heavy atom. The van der Waals surface area contributed by atoms with Crippen molar-refractivity contribution in [3.63, 3.8) is 0 Å². The summed E-state index contributed by atoms with van der Waals surface area (Å²) in [5.74, 6) is -1.12. The number of amides is 1. The quantitative estimate of drug-likeness (QED) is 0.557. The minimum absolute atomic E-state index is 0.0443. The second-order valence-electron chi connectivity index (χ2n) is 7.01. The molecule has 6 nitrogen and oxygen atoms in total. The van der Waals surface area contributed by atoms with E-state index >= 15 is 0 Å². The molecule has 0 fully saturated rings. The molecule has 0 heterocycles. The van der Waals surface area contributed by atoms with Crippen LogP contribution < -0.4 is 9.62 Å². The Morgan fingerprint density at radius 2 is 1.61 bits per heavy atom. The van der Waals surface area contributed by atoms with Gasteiger partial charge in [0.05, 0.1) is 18.5 Å². The number of Topliss-reactive ketones (excluding diaryl/α,β-unsaturated/α-hetero) is 1. The summed E-state index contributed by atoms with van der Waals surface area (Å²) in [6.45, 7) is 1.36. The molecule has 0 aromatic heterocycles. The van der Waals surface area contributed by atoms with Crippen molar-refractivity contribution in [2.75, 3.05) is 15.9 Å². The van der Waals surface area contributed by atoms with Crippen molar-refractivity contribution in [1.82, 2.24) is 0 Å². The molecule has 0 aliphatic carbocycles. The van der Waals surface area contributed by atoms with Crippen LogP contribution in [0.5, 0.6) is 0 Å². The van der Waals surface area contributed by atoms with Gasteiger partial charge in [-0.2, -0.15) is 0 Å². The highest BCUT2D eigenvalue weighted by molar-refractivity contribution is 7.92. The second kappa shape index (κ2) is 9.09. The van der Waals surface area contributed by atoms with Crippen LogP contribution in [-0.4, -0.2) is 26.4 Å². The van der Waals surface area contributed by atoms with Crippen LogP contribution in [0.4, 0.5) is 15.8 Å². The van der Waals surface area contributed by atoms with Crippen molar-refractivity contribution < 1.29 is 22.4 Å². The largest absolute Gasteiger partial charge is 0.322 e. The van der Waals surface area contributed by atoms with Gasteiger partial charge in [0.2, 0.25) is 10.0 Å². The summed E-state index contributed by atoms with van der Waals surface area (Å²) < 4.78 is 39.6. The molecule has 0 aliphatic rings. The highest BCUT2D eigenvalue weighted by atomic mass is 32.2. The summed E-state index contributed by atoms with van der Waals surface area (Å²) in [4.78, 5) is 24.0. The number of nitrogens with one attached hydrogen (secondary N) is 1. The van der Waals surface area contributed by atoms with Gasteiger partial charge in [-0.05, 0) is 48.9 Å². The average molecular weight is 440 g/mol. The van der Waals surface area contributed by atoms with Gasteiger partial charge < -0.3 is 5.32 Å². The minimum Gasteiger partial charge on any atom is -0.322 e. The Labute approximate surface area is 180 Å². The van der Waals surface area contributed by atoms with Gasteiger partial charge in [0.1, 0.15) is 5.82 Å². The maximum absolute atomic E-state index is 14.1. The van der Waals surface area contributed by atoms with Gasteiger partial charge in [-0.3, -0.25) is 13.9 Å².